The Morgan fingerprint density at radius 3 is 0.791 bits per heavy atom. The van der Waals surface area contributed by atoms with Crippen LogP contribution in [0.1, 0.15) is 392 Å². The molecular weight excluding hydrogens is 1380 g/mol. The van der Waals surface area contributed by atoms with Crippen molar-refractivity contribution >= 4 is 0 Å². The third-order valence-corrected chi connectivity index (χ3v) is 32.7. The molecule has 0 radical (unpaired) electrons. The van der Waals surface area contributed by atoms with Crippen LogP contribution >= 0.6 is 0 Å². The molecule has 0 saturated heterocycles. The van der Waals surface area contributed by atoms with E-state index in [2.05, 4.69) is 368 Å². The smallest absolute Gasteiger partial charge is 0.0123 e. The quantitative estimate of drug-likeness (QED) is 0.0445. The molecule has 0 N–H and O–H groups in total. The van der Waals surface area contributed by atoms with Crippen LogP contribution in [-0.2, 0) is 0 Å². The van der Waals surface area contributed by atoms with E-state index in [0.717, 1.165) is 98.2 Å². The number of fused-ring (bicyclic) bond motifs is 6. The molecule has 0 aliphatic heterocycles. The maximum Gasteiger partial charge on any atom is 0.0123 e. The molecule has 115 heavy (non-hydrogen) atoms. The number of terminal acetylenes is 2. The highest BCUT2D eigenvalue weighted by molar-refractivity contribution is 5.33. The first-order valence-corrected chi connectivity index (χ1v) is 45.8. The van der Waals surface area contributed by atoms with E-state index in [1.54, 1.807) is 27.9 Å². The zero-order valence-electron chi connectivity index (χ0n) is 83.3. The Hall–Kier alpha value is -5.56. The van der Waals surface area contributed by atoms with Gasteiger partial charge in [-0.2, -0.15) is 0 Å². The molecular formula is C115H186. The first kappa shape index (κ1) is 107. The zero-order chi connectivity index (χ0) is 88.8. The molecule has 0 heterocycles. The van der Waals surface area contributed by atoms with Gasteiger partial charge >= 0.3 is 0 Å². The van der Waals surface area contributed by atoms with Crippen molar-refractivity contribution in [2.24, 2.45) is 96.6 Å². The second-order valence-electron chi connectivity index (χ2n) is 41.4. The molecule has 9 atom stereocenters. The summed E-state index contributed by atoms with van der Waals surface area (Å²) in [6, 6.07) is 0. The van der Waals surface area contributed by atoms with Gasteiger partial charge in [0.05, 0.1) is 0 Å². The van der Waals surface area contributed by atoms with Crippen molar-refractivity contribution in [3.8, 4) is 24.7 Å². The topological polar surface area (TPSA) is 0 Å². The van der Waals surface area contributed by atoms with Gasteiger partial charge in [-0.05, 0) is 364 Å². The molecule has 0 heteroatoms. The largest absolute Gasteiger partial charge is 0.120 e. The van der Waals surface area contributed by atoms with Crippen LogP contribution in [0.15, 0.2) is 211 Å². The molecule has 3 fully saturated rings. The highest BCUT2D eigenvalue weighted by Gasteiger charge is 2.47. The van der Waals surface area contributed by atoms with Gasteiger partial charge in [0.2, 0.25) is 0 Å². The minimum absolute atomic E-state index is 0.0938. The molecule has 0 nitrogen and oxygen atoms in total. The molecule has 0 aromatic carbocycles. The maximum atomic E-state index is 5.48. The Balaban J connectivity index is 0.000000697. The predicted molar refractivity (Wildman–Crippen MR) is 525 cm³/mol. The minimum Gasteiger partial charge on any atom is -0.120 e. The molecule has 0 amide bonds. The van der Waals surface area contributed by atoms with Crippen molar-refractivity contribution in [1.82, 2.24) is 0 Å². The molecule has 3 saturated carbocycles. The number of hydrogen-bond donors (Lipinski definition) is 0. The van der Waals surface area contributed by atoms with Crippen LogP contribution in [0.3, 0.4) is 0 Å². The fraction of sp³-hybridized carbons (Fsp3) is 0.652. The van der Waals surface area contributed by atoms with Crippen LogP contribution in [-0.4, -0.2) is 0 Å². The van der Waals surface area contributed by atoms with Crippen LogP contribution < -0.4 is 0 Å². The lowest BCUT2D eigenvalue weighted by Gasteiger charge is -2.46. The summed E-state index contributed by atoms with van der Waals surface area (Å²) in [4.78, 5) is 0. The first-order chi connectivity index (χ1) is 53.2. The summed E-state index contributed by atoms with van der Waals surface area (Å²) in [7, 11) is 0. The van der Waals surface area contributed by atoms with Crippen molar-refractivity contribution in [2.75, 3.05) is 0 Å². The molecule has 0 aromatic heterocycles. The number of rotatable bonds is 34. The fourth-order valence-corrected chi connectivity index (χ4v) is 19.3. The van der Waals surface area contributed by atoms with Crippen molar-refractivity contribution in [2.45, 2.75) is 392 Å². The van der Waals surface area contributed by atoms with Gasteiger partial charge in [0.15, 0.2) is 0 Å². The molecule has 9 unspecified atom stereocenters. The van der Waals surface area contributed by atoms with Crippen molar-refractivity contribution in [1.29, 1.82) is 0 Å². The molecule has 0 aromatic rings. The molecule has 0 spiro atoms. The van der Waals surface area contributed by atoms with Gasteiger partial charge < -0.3 is 0 Å². The van der Waals surface area contributed by atoms with Crippen LogP contribution in [0.2, 0.25) is 0 Å². The van der Waals surface area contributed by atoms with E-state index in [0.29, 0.717) is 0 Å². The lowest BCUT2D eigenvalue weighted by Crippen LogP contribution is -2.36. The van der Waals surface area contributed by atoms with Crippen molar-refractivity contribution in [3.05, 3.63) is 211 Å². The monoisotopic (exact) mass is 1570 g/mol. The summed E-state index contributed by atoms with van der Waals surface area (Å²) in [5, 5.41) is 0. The van der Waals surface area contributed by atoms with E-state index in [1.165, 1.54) is 156 Å². The highest BCUT2D eigenvalue weighted by atomic mass is 14.5. The maximum absolute atomic E-state index is 5.48. The highest BCUT2D eigenvalue weighted by Crippen LogP contribution is 2.58. The zero-order valence-corrected chi connectivity index (χ0v) is 83.3. The third-order valence-electron chi connectivity index (χ3n) is 32.7. The molecule has 646 valence electrons. The summed E-state index contributed by atoms with van der Waals surface area (Å²) < 4.78 is 0. The van der Waals surface area contributed by atoms with E-state index in [4.69, 9.17) is 12.8 Å². The molecule has 6 aliphatic rings. The van der Waals surface area contributed by atoms with E-state index >= 15 is 0 Å². The minimum atomic E-state index is 0.0938. The van der Waals surface area contributed by atoms with Gasteiger partial charge in [-0.25, -0.2) is 0 Å². The van der Waals surface area contributed by atoms with Gasteiger partial charge in [-0.1, -0.05) is 302 Å². The Morgan fingerprint density at radius 1 is 0.296 bits per heavy atom. The summed E-state index contributed by atoms with van der Waals surface area (Å²) >= 11 is 0. The van der Waals surface area contributed by atoms with Crippen LogP contribution in [0.5, 0.6) is 0 Å². The third kappa shape index (κ3) is 29.4. The van der Waals surface area contributed by atoms with Crippen LogP contribution in [0.4, 0.5) is 0 Å². The standard InChI is InChI=1S/C25H38.C22H36.C20H32.C18H28.C17H30.C13H22/c1-9-11-12-18(3)19(4)24(5,6)25(7,8)23(10-2)17-22-16-20-13-14-21(22)15-20;1-9-20(14-19-13-17-10-11-18(19)12-17)22(7,8)21(5,6)16(4)15(2)3;1-10-13-15-16(4)17(5)19(6,7)20(8,9)18(12-3)14-11-2;1-5-15(7-6-14(4)13(2)3)10-18-12-16-8-9-17(18)11-16;1-10-12-15(11-2)17(8,9)16(6,7)14(5)13(3)4;1-6-8-13(7-2)10-9-12(5)11(3)4/h1,10,13-14,20-22H,11-12,15-17H2,2-8H3;9-11,17-19H,12-14H2,1-8H3;1,11-12H,2,13-15H2,3-9H3;5,8-9,16-18H,6-7,10-12H2,1-4H3;10-11H,1,12H2,2-9H3;6-7H,1,8-10H2,2-5H3/b19-18-,23-10-;;17-16-,18-12+;;;. The summed E-state index contributed by atoms with van der Waals surface area (Å²) in [5.74, 6) is 13.4. The van der Waals surface area contributed by atoms with E-state index in [1.807, 2.05) is 18.2 Å². The number of allylic oxidation sites excluding steroid dienone is 33. The normalized spacial score (nSPS) is 21.9. The van der Waals surface area contributed by atoms with Gasteiger partial charge in [0.1, 0.15) is 0 Å². The average Bonchev–Trinajstić information content (AvgIpc) is 1.44. The van der Waals surface area contributed by atoms with Crippen molar-refractivity contribution < 1.29 is 0 Å². The molecule has 6 bridgehead atoms. The Bertz CT molecular complexity index is 3720. The summed E-state index contributed by atoms with van der Waals surface area (Å²) in [6.45, 7) is 98.7. The Morgan fingerprint density at radius 2 is 0.565 bits per heavy atom. The van der Waals surface area contributed by atoms with Gasteiger partial charge in [0, 0.05) is 12.8 Å². The SMILES string of the molecule is C#CCC/C(C)=C(/C)C(C)(C)C(C)(C)/C(=C/C)CC=C.C#CCC/C(C)=C(/C)C(C)(C)C(C)(C)/C(=C\C)CC1CC2C=CC1C2.C=CCC(=CC)C(C)(C)C(C)(C)C(C)=C(C)C.C=CCC(=CC)CCC(C)=C(C)C.CC=C(CC1CC2C=CC1C2)C(C)(C)C(C)(C)C(C)=C(C)C.CC=C(CCC(C)=C(C)C)CC1CC2C=CC1C2. The second-order valence-corrected chi connectivity index (χ2v) is 41.4. The average molecular weight is 1570 g/mol. The fourth-order valence-electron chi connectivity index (χ4n) is 19.3. The van der Waals surface area contributed by atoms with Crippen molar-refractivity contribution in [3.63, 3.8) is 0 Å². The van der Waals surface area contributed by atoms with E-state index in [9.17, 15) is 0 Å². The van der Waals surface area contributed by atoms with Crippen LogP contribution in [0.25, 0.3) is 0 Å². The predicted octanol–water partition coefficient (Wildman–Crippen LogP) is 36.8. The van der Waals surface area contributed by atoms with E-state index in [-0.39, 0.29) is 43.3 Å². The first-order valence-electron chi connectivity index (χ1n) is 45.8. The van der Waals surface area contributed by atoms with Gasteiger partial charge in [-0.15, -0.1) is 44.4 Å². The lowest BCUT2D eigenvalue weighted by molar-refractivity contribution is 0.183. The van der Waals surface area contributed by atoms with Crippen LogP contribution in [0, 0.1) is 121 Å². The lowest BCUT2D eigenvalue weighted by atomic mass is 9.58. The Kier molecular flexibility index (Phi) is 45.4. The van der Waals surface area contributed by atoms with E-state index < -0.39 is 0 Å². The summed E-state index contributed by atoms with van der Waals surface area (Å²) in [5.41, 5.74) is 28.4. The summed E-state index contributed by atoms with van der Waals surface area (Å²) in [6.07, 6.45) is 69.5. The van der Waals surface area contributed by atoms with Gasteiger partial charge in [0.25, 0.3) is 0 Å². The molecule has 6 rings (SSSR count). The second kappa shape index (κ2) is 48.6. The molecule has 6 aliphatic carbocycles. The Labute approximate surface area is 719 Å². The van der Waals surface area contributed by atoms with Gasteiger partial charge in [-0.3, -0.25) is 0 Å². The number of hydrogen-bond acceptors (Lipinski definition) is 0.